The van der Waals surface area contributed by atoms with Crippen LogP contribution in [0.2, 0.25) is 0 Å². The first kappa shape index (κ1) is 16.8. The van der Waals surface area contributed by atoms with Gasteiger partial charge in [0.15, 0.2) is 0 Å². The van der Waals surface area contributed by atoms with Crippen LogP contribution in [-0.2, 0) is 5.54 Å². The number of nitrogens with zero attached hydrogens (tertiary/aromatic N) is 1. The smallest absolute Gasteiger partial charge is 0.320 e. The van der Waals surface area contributed by atoms with E-state index in [-0.39, 0.29) is 11.6 Å². The normalized spacial score (nSPS) is 15.7. The summed E-state index contributed by atoms with van der Waals surface area (Å²) < 4.78 is 0. The minimum absolute atomic E-state index is 0.174. The van der Waals surface area contributed by atoms with Gasteiger partial charge in [0.05, 0.1) is 5.54 Å². The molecule has 1 aliphatic carbocycles. The Labute approximate surface area is 156 Å². The van der Waals surface area contributed by atoms with Crippen molar-refractivity contribution in [3.63, 3.8) is 0 Å². The molecule has 2 aromatic heterocycles. The van der Waals surface area contributed by atoms with Crippen molar-refractivity contribution < 1.29 is 4.79 Å². The van der Waals surface area contributed by atoms with Crippen LogP contribution in [0.5, 0.6) is 0 Å². The van der Waals surface area contributed by atoms with Crippen molar-refractivity contribution in [2.24, 2.45) is 0 Å². The van der Waals surface area contributed by atoms with Gasteiger partial charge in [0.2, 0.25) is 0 Å². The summed E-state index contributed by atoms with van der Waals surface area (Å²) in [4.78, 5) is 20.4. The molecular formula is C20H22N4OS. The number of carbonyl (C=O) groups excluding carboxylic acids is 1. The minimum atomic E-state index is -0.326. The summed E-state index contributed by atoms with van der Waals surface area (Å²) in [5.41, 5.74) is 3.61. The van der Waals surface area contributed by atoms with Gasteiger partial charge in [-0.25, -0.2) is 9.78 Å². The van der Waals surface area contributed by atoms with Gasteiger partial charge in [-0.15, -0.1) is 11.3 Å². The van der Waals surface area contributed by atoms with Crippen LogP contribution in [0.4, 0.5) is 10.5 Å². The molecule has 0 unspecified atom stereocenters. The van der Waals surface area contributed by atoms with Gasteiger partial charge in [-0.3, -0.25) is 0 Å². The molecule has 3 aromatic rings. The van der Waals surface area contributed by atoms with E-state index >= 15 is 0 Å². The van der Waals surface area contributed by atoms with Crippen LogP contribution >= 0.6 is 11.3 Å². The van der Waals surface area contributed by atoms with E-state index in [9.17, 15) is 4.79 Å². The van der Waals surface area contributed by atoms with Gasteiger partial charge in [-0.1, -0.05) is 25.0 Å². The molecule has 3 N–H and O–H groups in total. The van der Waals surface area contributed by atoms with E-state index < -0.39 is 0 Å². The second kappa shape index (κ2) is 6.96. The fourth-order valence-electron chi connectivity index (χ4n) is 3.57. The first-order chi connectivity index (χ1) is 12.6. The maximum absolute atomic E-state index is 12.6. The van der Waals surface area contributed by atoms with Gasteiger partial charge in [0.25, 0.3) is 0 Å². The number of rotatable bonds is 4. The predicted molar refractivity (Wildman–Crippen MR) is 105 cm³/mol. The number of hydrogen-bond acceptors (Lipinski definition) is 3. The van der Waals surface area contributed by atoms with Crippen LogP contribution in [0.15, 0.2) is 48.0 Å². The second-order valence-corrected chi connectivity index (χ2v) is 7.68. The molecule has 2 amide bonds. The minimum Gasteiger partial charge on any atom is -0.361 e. The van der Waals surface area contributed by atoms with E-state index in [1.54, 1.807) is 11.3 Å². The number of aromatic amines is 1. The van der Waals surface area contributed by atoms with Crippen LogP contribution in [0.25, 0.3) is 11.3 Å². The van der Waals surface area contributed by atoms with Gasteiger partial charge in [0, 0.05) is 28.7 Å². The van der Waals surface area contributed by atoms with E-state index in [0.717, 1.165) is 53.3 Å². The summed E-state index contributed by atoms with van der Waals surface area (Å²) in [6.45, 7) is 1.99. The van der Waals surface area contributed by atoms with Crippen LogP contribution in [0.3, 0.4) is 0 Å². The number of thiazole rings is 1. The molecule has 5 nitrogen and oxygen atoms in total. The zero-order valence-corrected chi connectivity index (χ0v) is 15.5. The lowest BCUT2D eigenvalue weighted by atomic mass is 9.99. The van der Waals surface area contributed by atoms with Crippen molar-refractivity contribution in [1.29, 1.82) is 0 Å². The molecule has 0 spiro atoms. The number of H-pyrrole nitrogens is 1. The zero-order chi connectivity index (χ0) is 18.0. The van der Waals surface area contributed by atoms with E-state index in [1.807, 2.05) is 54.9 Å². The Kier molecular flexibility index (Phi) is 4.51. The van der Waals surface area contributed by atoms with Crippen molar-refractivity contribution in [1.82, 2.24) is 15.3 Å². The fourth-order valence-corrected chi connectivity index (χ4v) is 4.58. The average molecular weight is 366 g/mol. The number of nitrogens with one attached hydrogen (secondary N) is 3. The average Bonchev–Trinajstić information content (AvgIpc) is 3.37. The Morgan fingerprint density at radius 3 is 2.58 bits per heavy atom. The molecule has 2 heterocycles. The van der Waals surface area contributed by atoms with Gasteiger partial charge < -0.3 is 15.6 Å². The number of anilines is 1. The van der Waals surface area contributed by atoms with Crippen molar-refractivity contribution in [2.75, 3.05) is 5.32 Å². The summed E-state index contributed by atoms with van der Waals surface area (Å²) >= 11 is 1.64. The standard InChI is InChI=1S/C20H22N4OS/c1-14-13-26-18(22-14)20(10-2-3-11-20)24-19(25)23-16-8-6-15(7-9-16)17-5-4-12-21-17/h4-9,12-13,21H,2-3,10-11H2,1H3,(H2,23,24,25). The first-order valence-electron chi connectivity index (χ1n) is 8.90. The largest absolute Gasteiger partial charge is 0.361 e. The Hall–Kier alpha value is -2.60. The third-order valence-electron chi connectivity index (χ3n) is 4.89. The van der Waals surface area contributed by atoms with E-state index in [4.69, 9.17) is 0 Å². The molecule has 134 valence electrons. The lowest BCUT2D eigenvalue weighted by Gasteiger charge is -2.28. The Morgan fingerprint density at radius 2 is 1.96 bits per heavy atom. The number of urea groups is 1. The number of carbonyl (C=O) groups is 1. The van der Waals surface area contributed by atoms with E-state index in [1.165, 1.54) is 0 Å². The summed E-state index contributed by atoms with van der Waals surface area (Å²) in [5.74, 6) is 0. The Morgan fingerprint density at radius 1 is 1.19 bits per heavy atom. The van der Waals surface area contributed by atoms with E-state index in [2.05, 4.69) is 20.6 Å². The number of aromatic nitrogens is 2. The molecule has 1 aromatic carbocycles. The van der Waals surface area contributed by atoms with Crippen LogP contribution in [0, 0.1) is 6.92 Å². The van der Waals surface area contributed by atoms with Crippen molar-refractivity contribution in [3.05, 3.63) is 58.7 Å². The number of amides is 2. The van der Waals surface area contributed by atoms with Gasteiger partial charge >= 0.3 is 6.03 Å². The Balaban J connectivity index is 1.46. The summed E-state index contributed by atoms with van der Waals surface area (Å²) in [7, 11) is 0. The molecule has 6 heteroatoms. The SMILES string of the molecule is Cc1csc(C2(NC(=O)Nc3ccc(-c4ccc[nH]4)cc3)CCCC2)n1. The Bertz CT molecular complexity index is 877. The zero-order valence-electron chi connectivity index (χ0n) is 14.7. The molecule has 0 atom stereocenters. The van der Waals surface area contributed by atoms with Crippen LogP contribution < -0.4 is 10.6 Å². The molecule has 0 saturated heterocycles. The lowest BCUT2D eigenvalue weighted by Crippen LogP contribution is -2.45. The van der Waals surface area contributed by atoms with Crippen molar-refractivity contribution in [2.45, 2.75) is 38.1 Å². The fraction of sp³-hybridized carbons (Fsp3) is 0.300. The van der Waals surface area contributed by atoms with Crippen LogP contribution in [-0.4, -0.2) is 16.0 Å². The summed E-state index contributed by atoms with van der Waals surface area (Å²) in [6, 6.07) is 11.7. The molecule has 0 aliphatic heterocycles. The highest BCUT2D eigenvalue weighted by molar-refractivity contribution is 7.09. The second-order valence-electron chi connectivity index (χ2n) is 6.82. The van der Waals surface area contributed by atoms with Gasteiger partial charge in [0.1, 0.15) is 5.01 Å². The van der Waals surface area contributed by atoms with Crippen molar-refractivity contribution >= 4 is 23.1 Å². The third kappa shape index (κ3) is 3.37. The first-order valence-corrected chi connectivity index (χ1v) is 9.78. The molecule has 1 aliphatic rings. The summed E-state index contributed by atoms with van der Waals surface area (Å²) in [6.07, 6.45) is 6.02. The summed E-state index contributed by atoms with van der Waals surface area (Å²) in [5, 5.41) is 9.23. The third-order valence-corrected chi connectivity index (χ3v) is 6.05. The highest BCUT2D eigenvalue weighted by Gasteiger charge is 2.39. The maximum atomic E-state index is 12.6. The van der Waals surface area contributed by atoms with E-state index in [0.29, 0.717) is 0 Å². The van der Waals surface area contributed by atoms with Crippen molar-refractivity contribution in [3.8, 4) is 11.3 Å². The monoisotopic (exact) mass is 366 g/mol. The lowest BCUT2D eigenvalue weighted by molar-refractivity contribution is 0.236. The topological polar surface area (TPSA) is 69.8 Å². The predicted octanol–water partition coefficient (Wildman–Crippen LogP) is 5.04. The van der Waals surface area contributed by atoms with Gasteiger partial charge in [-0.05, 0) is 49.6 Å². The molecule has 1 fully saturated rings. The molecule has 0 radical (unpaired) electrons. The number of hydrogen-bond donors (Lipinski definition) is 3. The molecule has 4 rings (SSSR count). The molecule has 0 bridgehead atoms. The van der Waals surface area contributed by atoms with Gasteiger partial charge in [-0.2, -0.15) is 0 Å². The molecule has 26 heavy (non-hydrogen) atoms. The number of benzene rings is 1. The molecule has 1 saturated carbocycles. The number of aryl methyl sites for hydroxylation is 1. The quantitative estimate of drug-likeness (QED) is 0.605. The highest BCUT2D eigenvalue weighted by Crippen LogP contribution is 2.40. The van der Waals surface area contributed by atoms with Crippen LogP contribution in [0.1, 0.15) is 36.4 Å². The highest BCUT2D eigenvalue weighted by atomic mass is 32.1. The maximum Gasteiger partial charge on any atom is 0.320 e. The molecular weight excluding hydrogens is 344 g/mol.